The Morgan fingerprint density at radius 1 is 1.35 bits per heavy atom. The van der Waals surface area contributed by atoms with Gasteiger partial charge in [-0.2, -0.15) is 0 Å². The van der Waals surface area contributed by atoms with Crippen LogP contribution in [0.15, 0.2) is 11.6 Å². The summed E-state index contributed by atoms with van der Waals surface area (Å²) < 4.78 is 11.2. The van der Waals surface area contributed by atoms with Crippen molar-refractivity contribution in [2.45, 2.75) is 90.7 Å². The Morgan fingerprint density at radius 2 is 1.96 bits per heavy atom. The van der Waals surface area contributed by atoms with Crippen molar-refractivity contribution in [1.82, 2.24) is 5.32 Å². The maximum atomic E-state index is 12.0. The highest BCUT2D eigenvalue weighted by Crippen LogP contribution is 2.26. The molecule has 0 aromatic carbocycles. The Hall–Kier alpha value is -0.910. The van der Waals surface area contributed by atoms with Crippen molar-refractivity contribution in [2.75, 3.05) is 6.61 Å². The van der Waals surface area contributed by atoms with E-state index in [4.69, 9.17) is 9.47 Å². The second-order valence-corrected chi connectivity index (χ2v) is 7.14. The average molecular weight is 327 g/mol. The summed E-state index contributed by atoms with van der Waals surface area (Å²) in [5.74, 6) is -0.362. The fourth-order valence-electron chi connectivity index (χ4n) is 2.82. The van der Waals surface area contributed by atoms with Crippen LogP contribution in [0.25, 0.3) is 0 Å². The third kappa shape index (κ3) is 6.24. The molecule has 0 aliphatic heterocycles. The molecular weight excluding hydrogens is 294 g/mol. The summed E-state index contributed by atoms with van der Waals surface area (Å²) in [7, 11) is 0. The topological polar surface area (TPSA) is 67.8 Å². The molecule has 0 radical (unpaired) electrons. The Labute approximate surface area is 140 Å². The first-order valence-corrected chi connectivity index (χ1v) is 8.70. The van der Waals surface area contributed by atoms with Gasteiger partial charge in [0.15, 0.2) is 0 Å². The molecule has 0 heterocycles. The van der Waals surface area contributed by atoms with E-state index < -0.39 is 6.10 Å². The predicted molar refractivity (Wildman–Crippen MR) is 91.3 cm³/mol. The van der Waals surface area contributed by atoms with Crippen LogP contribution >= 0.6 is 0 Å². The standard InChI is InChI=1S/C18H33NO4/c1-7-13(8-2)23-15-11-12(17(21)22-9-3)10-14(20)16(15)19-18(4,5)6/h11,13-16,19-20H,7-10H2,1-6H3/t14-,15+,16+/m0/s1. The van der Waals surface area contributed by atoms with Gasteiger partial charge in [-0.1, -0.05) is 13.8 Å². The van der Waals surface area contributed by atoms with E-state index in [2.05, 4.69) is 39.9 Å². The third-order valence-corrected chi connectivity index (χ3v) is 3.96. The number of nitrogens with one attached hydrogen (secondary N) is 1. The minimum Gasteiger partial charge on any atom is -0.463 e. The van der Waals surface area contributed by atoms with Crippen LogP contribution in [0.1, 0.15) is 60.8 Å². The van der Waals surface area contributed by atoms with Gasteiger partial charge in [0.1, 0.15) is 0 Å². The summed E-state index contributed by atoms with van der Waals surface area (Å²) >= 11 is 0. The molecular formula is C18H33NO4. The van der Waals surface area contributed by atoms with Crippen LogP contribution in [0, 0.1) is 0 Å². The van der Waals surface area contributed by atoms with E-state index in [0.29, 0.717) is 12.2 Å². The second kappa shape index (κ2) is 8.81. The van der Waals surface area contributed by atoms with Gasteiger partial charge in [-0.15, -0.1) is 0 Å². The van der Waals surface area contributed by atoms with E-state index in [9.17, 15) is 9.90 Å². The van der Waals surface area contributed by atoms with Crippen molar-refractivity contribution in [3.63, 3.8) is 0 Å². The van der Waals surface area contributed by atoms with Crippen LogP contribution < -0.4 is 5.32 Å². The Bertz CT molecular complexity index is 410. The Kier molecular flexibility index (Phi) is 7.71. The lowest BCUT2D eigenvalue weighted by atomic mass is 9.88. The number of esters is 1. The fraction of sp³-hybridized carbons (Fsp3) is 0.833. The molecule has 0 saturated heterocycles. The summed E-state index contributed by atoms with van der Waals surface area (Å²) in [6.07, 6.45) is 2.98. The summed E-state index contributed by atoms with van der Waals surface area (Å²) in [6.45, 7) is 12.4. The van der Waals surface area contributed by atoms with Crippen LogP contribution in [0.5, 0.6) is 0 Å². The number of hydrogen-bond donors (Lipinski definition) is 2. The summed E-state index contributed by atoms with van der Waals surface area (Å²) in [5.41, 5.74) is 0.346. The highest BCUT2D eigenvalue weighted by atomic mass is 16.5. The van der Waals surface area contributed by atoms with E-state index in [1.165, 1.54) is 0 Å². The number of aliphatic hydroxyl groups is 1. The zero-order chi connectivity index (χ0) is 17.6. The second-order valence-electron chi connectivity index (χ2n) is 7.14. The maximum absolute atomic E-state index is 12.0. The fourth-order valence-corrected chi connectivity index (χ4v) is 2.82. The summed E-state index contributed by atoms with van der Waals surface area (Å²) in [4.78, 5) is 12.0. The van der Waals surface area contributed by atoms with E-state index in [1.807, 2.05) is 6.08 Å². The molecule has 0 amide bonds. The van der Waals surface area contributed by atoms with Gasteiger partial charge in [-0.25, -0.2) is 4.79 Å². The maximum Gasteiger partial charge on any atom is 0.333 e. The summed E-state index contributed by atoms with van der Waals surface area (Å²) in [5, 5.41) is 14.0. The molecule has 1 aliphatic rings. The van der Waals surface area contributed by atoms with Gasteiger partial charge in [0.25, 0.3) is 0 Å². The molecule has 3 atom stereocenters. The first-order valence-electron chi connectivity index (χ1n) is 8.70. The van der Waals surface area contributed by atoms with Crippen molar-refractivity contribution >= 4 is 5.97 Å². The van der Waals surface area contributed by atoms with Crippen molar-refractivity contribution in [1.29, 1.82) is 0 Å². The molecule has 0 aromatic rings. The molecule has 1 aliphatic carbocycles. The molecule has 0 fully saturated rings. The lowest BCUT2D eigenvalue weighted by Gasteiger charge is -2.40. The van der Waals surface area contributed by atoms with Gasteiger partial charge in [0.05, 0.1) is 31.0 Å². The first-order chi connectivity index (χ1) is 10.7. The molecule has 0 saturated carbocycles. The monoisotopic (exact) mass is 327 g/mol. The molecule has 0 aromatic heterocycles. The minimum absolute atomic E-state index is 0.106. The van der Waals surface area contributed by atoms with E-state index in [0.717, 1.165) is 12.8 Å². The molecule has 5 nitrogen and oxygen atoms in total. The Balaban J connectivity index is 3.02. The normalized spacial score (nSPS) is 25.4. The van der Waals surface area contributed by atoms with Gasteiger partial charge in [-0.05, 0) is 46.6 Å². The lowest BCUT2D eigenvalue weighted by Crippen LogP contribution is -2.57. The van der Waals surface area contributed by atoms with Crippen LogP contribution in [0.2, 0.25) is 0 Å². The van der Waals surface area contributed by atoms with Gasteiger partial charge in [-0.3, -0.25) is 0 Å². The molecule has 5 heteroatoms. The van der Waals surface area contributed by atoms with E-state index >= 15 is 0 Å². The Morgan fingerprint density at radius 3 is 2.43 bits per heavy atom. The first kappa shape index (κ1) is 20.1. The highest BCUT2D eigenvalue weighted by molar-refractivity contribution is 5.88. The van der Waals surface area contributed by atoms with Crippen molar-refractivity contribution in [3.8, 4) is 0 Å². The quantitative estimate of drug-likeness (QED) is 0.704. The molecule has 0 unspecified atom stereocenters. The number of rotatable bonds is 7. The van der Waals surface area contributed by atoms with Crippen LogP contribution in [0.3, 0.4) is 0 Å². The molecule has 0 bridgehead atoms. The summed E-state index contributed by atoms with van der Waals surface area (Å²) in [6, 6.07) is -0.242. The lowest BCUT2D eigenvalue weighted by molar-refractivity contribution is -0.139. The average Bonchev–Trinajstić information content (AvgIpc) is 2.46. The molecule has 2 N–H and O–H groups in total. The van der Waals surface area contributed by atoms with Gasteiger partial charge >= 0.3 is 5.97 Å². The number of ether oxygens (including phenoxy) is 2. The van der Waals surface area contributed by atoms with Gasteiger partial charge < -0.3 is 19.9 Å². The highest BCUT2D eigenvalue weighted by Gasteiger charge is 2.37. The zero-order valence-corrected chi connectivity index (χ0v) is 15.4. The number of carbonyl (C=O) groups excluding carboxylic acids is 1. The largest absolute Gasteiger partial charge is 0.463 e. The van der Waals surface area contributed by atoms with Crippen LogP contribution in [0.4, 0.5) is 0 Å². The van der Waals surface area contributed by atoms with Gasteiger partial charge in [0.2, 0.25) is 0 Å². The molecule has 23 heavy (non-hydrogen) atoms. The number of aliphatic hydroxyl groups excluding tert-OH is 1. The molecule has 134 valence electrons. The smallest absolute Gasteiger partial charge is 0.333 e. The van der Waals surface area contributed by atoms with E-state index in [1.54, 1.807) is 6.92 Å². The van der Waals surface area contributed by atoms with Crippen molar-refractivity contribution in [3.05, 3.63) is 11.6 Å². The van der Waals surface area contributed by atoms with Crippen LogP contribution in [-0.2, 0) is 14.3 Å². The number of carbonyl (C=O) groups is 1. The van der Waals surface area contributed by atoms with Gasteiger partial charge in [0, 0.05) is 17.5 Å². The number of hydrogen-bond acceptors (Lipinski definition) is 5. The zero-order valence-electron chi connectivity index (χ0n) is 15.4. The van der Waals surface area contributed by atoms with Crippen molar-refractivity contribution in [2.24, 2.45) is 0 Å². The minimum atomic E-state index is -0.682. The van der Waals surface area contributed by atoms with Crippen molar-refractivity contribution < 1.29 is 19.4 Å². The van der Waals surface area contributed by atoms with Crippen LogP contribution in [-0.4, -0.2) is 47.6 Å². The predicted octanol–water partition coefficient (Wildman–Crippen LogP) is 2.57. The third-order valence-electron chi connectivity index (χ3n) is 3.96. The van der Waals surface area contributed by atoms with E-state index in [-0.39, 0.29) is 36.2 Å². The SMILES string of the molecule is CCOC(=O)C1=C[C@@H](OC(CC)CC)[C@H](NC(C)(C)C)[C@@H](O)C1. The molecule has 0 spiro atoms. The molecule has 1 rings (SSSR count).